The van der Waals surface area contributed by atoms with Crippen LogP contribution < -0.4 is 0 Å². The first-order valence-electron chi connectivity index (χ1n) is 4.95. The summed E-state index contributed by atoms with van der Waals surface area (Å²) in [5, 5.41) is 0. The summed E-state index contributed by atoms with van der Waals surface area (Å²) in [7, 11) is 0. The fourth-order valence-corrected chi connectivity index (χ4v) is 1.57. The normalized spacial score (nSPS) is 10.0. The number of hydrogen-bond acceptors (Lipinski definition) is 0. The van der Waals surface area contributed by atoms with Gasteiger partial charge in [-0.15, -0.1) is 0 Å². The van der Waals surface area contributed by atoms with E-state index >= 15 is 0 Å². The van der Waals surface area contributed by atoms with Crippen LogP contribution >= 0.6 is 0 Å². The molecule has 0 aliphatic heterocycles. The van der Waals surface area contributed by atoms with Crippen molar-refractivity contribution in [3.05, 3.63) is 47.5 Å². The van der Waals surface area contributed by atoms with Crippen LogP contribution in [-0.2, 0) is 12.8 Å². The van der Waals surface area contributed by atoms with Crippen molar-refractivity contribution in [2.24, 2.45) is 0 Å². The number of hydrogen-bond donors (Lipinski definition) is 0. The molecule has 0 aliphatic carbocycles. The molecule has 0 aromatic heterocycles. The van der Waals surface area contributed by atoms with E-state index in [9.17, 15) is 0 Å². The van der Waals surface area contributed by atoms with E-state index in [1.54, 1.807) is 0 Å². The maximum absolute atomic E-state index is 3.95. The zero-order valence-corrected chi connectivity index (χ0v) is 8.64. The molecule has 0 spiro atoms. The Kier molecular flexibility index (Phi) is 3.75. The molecule has 13 heavy (non-hydrogen) atoms. The van der Waals surface area contributed by atoms with Crippen LogP contribution in [0.15, 0.2) is 36.4 Å². The van der Waals surface area contributed by atoms with Gasteiger partial charge in [-0.3, -0.25) is 0 Å². The molecule has 0 radical (unpaired) electrons. The summed E-state index contributed by atoms with van der Waals surface area (Å²) in [6.45, 7) is 8.26. The van der Waals surface area contributed by atoms with Gasteiger partial charge in [0.15, 0.2) is 0 Å². The molecule has 0 aliphatic rings. The second-order valence-corrected chi connectivity index (χ2v) is 3.65. The Morgan fingerprint density at radius 3 is 2.38 bits per heavy atom. The van der Waals surface area contributed by atoms with Gasteiger partial charge in [-0.05, 0) is 30.9 Å². The highest BCUT2D eigenvalue weighted by Gasteiger charge is 1.99. The van der Waals surface area contributed by atoms with E-state index in [1.165, 1.54) is 29.5 Å². The van der Waals surface area contributed by atoms with E-state index in [0.29, 0.717) is 0 Å². The largest absolute Gasteiger partial charge is 0.0998 e. The number of allylic oxidation sites excluding steroid dienone is 1. The maximum atomic E-state index is 3.95. The Labute approximate surface area is 81.3 Å². The first-order valence-corrected chi connectivity index (χ1v) is 4.95. The number of aryl methyl sites for hydroxylation is 1. The molecule has 0 bridgehead atoms. The van der Waals surface area contributed by atoms with Gasteiger partial charge in [0.25, 0.3) is 0 Å². The third-order valence-corrected chi connectivity index (χ3v) is 2.13. The Morgan fingerprint density at radius 2 is 1.85 bits per heavy atom. The molecule has 0 nitrogen and oxygen atoms in total. The quantitative estimate of drug-likeness (QED) is 0.610. The summed E-state index contributed by atoms with van der Waals surface area (Å²) < 4.78 is 0. The molecule has 70 valence electrons. The van der Waals surface area contributed by atoms with Gasteiger partial charge in [-0.1, -0.05) is 49.8 Å². The van der Waals surface area contributed by atoms with Crippen LogP contribution in [0.1, 0.15) is 31.4 Å². The molecule has 0 saturated carbocycles. The molecular weight excluding hydrogens is 156 g/mol. The minimum atomic E-state index is 1.02. The molecule has 0 N–H and O–H groups in total. The summed E-state index contributed by atoms with van der Waals surface area (Å²) in [5.74, 6) is 0. The molecular formula is C13H18. The summed E-state index contributed by atoms with van der Waals surface area (Å²) in [6.07, 6.45) is 3.42. The van der Waals surface area contributed by atoms with Crippen molar-refractivity contribution in [1.82, 2.24) is 0 Å². The standard InChI is InChI=1S/C13H18/c1-4-7-12-8-5-6-9-13(12)10-11(2)3/h5-6,8-9H,2,4,7,10H2,1,3H3. The fourth-order valence-electron chi connectivity index (χ4n) is 1.57. The van der Waals surface area contributed by atoms with Gasteiger partial charge in [0.2, 0.25) is 0 Å². The van der Waals surface area contributed by atoms with E-state index in [4.69, 9.17) is 0 Å². The lowest BCUT2D eigenvalue weighted by Crippen LogP contribution is -1.93. The Bertz CT molecular complexity index is 284. The third kappa shape index (κ3) is 3.06. The molecule has 0 fully saturated rings. The minimum absolute atomic E-state index is 1.02. The van der Waals surface area contributed by atoms with Crippen molar-refractivity contribution in [1.29, 1.82) is 0 Å². The van der Waals surface area contributed by atoms with Crippen molar-refractivity contribution in [2.45, 2.75) is 33.1 Å². The smallest absolute Gasteiger partial charge is 0.00698 e. The highest BCUT2D eigenvalue weighted by atomic mass is 14.0. The topological polar surface area (TPSA) is 0 Å². The number of rotatable bonds is 4. The van der Waals surface area contributed by atoms with Crippen LogP contribution in [0.5, 0.6) is 0 Å². The van der Waals surface area contributed by atoms with Gasteiger partial charge < -0.3 is 0 Å². The van der Waals surface area contributed by atoms with E-state index < -0.39 is 0 Å². The zero-order valence-electron chi connectivity index (χ0n) is 8.64. The summed E-state index contributed by atoms with van der Waals surface area (Å²) in [5.41, 5.74) is 4.16. The molecule has 0 saturated heterocycles. The van der Waals surface area contributed by atoms with E-state index in [2.05, 4.69) is 44.7 Å². The molecule has 0 unspecified atom stereocenters. The lowest BCUT2D eigenvalue weighted by molar-refractivity contribution is 0.902. The summed E-state index contributed by atoms with van der Waals surface area (Å²) in [4.78, 5) is 0. The molecule has 1 aromatic rings. The lowest BCUT2D eigenvalue weighted by Gasteiger charge is -2.07. The fraction of sp³-hybridized carbons (Fsp3) is 0.385. The van der Waals surface area contributed by atoms with Crippen LogP contribution in [0.3, 0.4) is 0 Å². The monoisotopic (exact) mass is 174 g/mol. The minimum Gasteiger partial charge on any atom is -0.0998 e. The summed E-state index contributed by atoms with van der Waals surface area (Å²) in [6, 6.07) is 8.66. The molecule has 1 rings (SSSR count). The second-order valence-electron chi connectivity index (χ2n) is 3.65. The lowest BCUT2D eigenvalue weighted by atomic mass is 9.98. The van der Waals surface area contributed by atoms with E-state index in [-0.39, 0.29) is 0 Å². The van der Waals surface area contributed by atoms with Gasteiger partial charge in [-0.25, -0.2) is 0 Å². The SMILES string of the molecule is C=C(C)Cc1ccccc1CCC. The first kappa shape index (κ1) is 10.0. The van der Waals surface area contributed by atoms with Crippen molar-refractivity contribution < 1.29 is 0 Å². The predicted molar refractivity (Wildman–Crippen MR) is 59.0 cm³/mol. The first-order chi connectivity index (χ1) is 6.24. The van der Waals surface area contributed by atoms with Gasteiger partial charge in [-0.2, -0.15) is 0 Å². The molecule has 0 heteroatoms. The van der Waals surface area contributed by atoms with Gasteiger partial charge in [0.05, 0.1) is 0 Å². The summed E-state index contributed by atoms with van der Waals surface area (Å²) >= 11 is 0. The third-order valence-electron chi connectivity index (χ3n) is 2.13. The average Bonchev–Trinajstić information content (AvgIpc) is 2.08. The second kappa shape index (κ2) is 4.86. The molecule has 0 atom stereocenters. The van der Waals surface area contributed by atoms with E-state index in [0.717, 1.165) is 6.42 Å². The van der Waals surface area contributed by atoms with Gasteiger partial charge in [0, 0.05) is 0 Å². The van der Waals surface area contributed by atoms with Crippen LogP contribution in [0.25, 0.3) is 0 Å². The van der Waals surface area contributed by atoms with Crippen molar-refractivity contribution >= 4 is 0 Å². The van der Waals surface area contributed by atoms with Crippen LogP contribution in [0, 0.1) is 0 Å². The zero-order chi connectivity index (χ0) is 9.68. The number of benzene rings is 1. The van der Waals surface area contributed by atoms with Crippen LogP contribution in [0.2, 0.25) is 0 Å². The van der Waals surface area contributed by atoms with Gasteiger partial charge in [0.1, 0.15) is 0 Å². The Balaban J connectivity index is 2.84. The van der Waals surface area contributed by atoms with Crippen molar-refractivity contribution in [3.8, 4) is 0 Å². The molecule has 0 amide bonds. The Morgan fingerprint density at radius 1 is 1.23 bits per heavy atom. The van der Waals surface area contributed by atoms with Crippen LogP contribution in [-0.4, -0.2) is 0 Å². The van der Waals surface area contributed by atoms with Gasteiger partial charge >= 0.3 is 0 Å². The van der Waals surface area contributed by atoms with E-state index in [1.807, 2.05) is 0 Å². The molecule has 0 heterocycles. The highest BCUT2D eigenvalue weighted by Crippen LogP contribution is 2.14. The average molecular weight is 174 g/mol. The van der Waals surface area contributed by atoms with Crippen LogP contribution in [0.4, 0.5) is 0 Å². The maximum Gasteiger partial charge on any atom is -0.00698 e. The van der Waals surface area contributed by atoms with Crippen molar-refractivity contribution in [3.63, 3.8) is 0 Å². The predicted octanol–water partition coefficient (Wildman–Crippen LogP) is 3.76. The molecule has 1 aromatic carbocycles. The van der Waals surface area contributed by atoms with Crippen molar-refractivity contribution in [2.75, 3.05) is 0 Å². The Hall–Kier alpha value is -1.04. The highest BCUT2D eigenvalue weighted by molar-refractivity contribution is 5.30.